The Morgan fingerprint density at radius 3 is 2.67 bits per heavy atom. The van der Waals surface area contributed by atoms with Crippen molar-refractivity contribution in [1.82, 2.24) is 4.98 Å². The molecule has 1 aromatic heterocycles. The fraction of sp³-hybridized carbons (Fsp3) is 0.462. The fourth-order valence-corrected chi connectivity index (χ4v) is 2.47. The molecule has 0 aliphatic rings. The summed E-state index contributed by atoms with van der Waals surface area (Å²) in [5.74, 6) is -0.775. The molecule has 24 heavy (non-hydrogen) atoms. The SMILES string of the molecule is CSCCC(=NCc1c(COP(=O)(O)O)cnc(C)c1O)C(=O)O. The number of aliphatic imine (C=N–C) groups is 1. The van der Waals surface area contributed by atoms with Crippen LogP contribution in [0.25, 0.3) is 0 Å². The fourth-order valence-electron chi connectivity index (χ4n) is 1.77. The molecular formula is C13H19N2O7PS. The maximum atomic E-state index is 11.2. The van der Waals surface area contributed by atoms with Crippen LogP contribution in [0.1, 0.15) is 23.2 Å². The molecule has 0 amide bonds. The molecule has 1 heterocycles. The number of hydrogen-bond acceptors (Lipinski definition) is 7. The summed E-state index contributed by atoms with van der Waals surface area (Å²) in [6.45, 7) is 0.899. The Hall–Kier alpha value is -1.45. The third-order valence-corrected chi connectivity index (χ3v) is 4.11. The van der Waals surface area contributed by atoms with Crippen LogP contribution in [0.15, 0.2) is 11.2 Å². The third kappa shape index (κ3) is 6.58. The van der Waals surface area contributed by atoms with Crippen molar-refractivity contribution in [3.63, 3.8) is 0 Å². The van der Waals surface area contributed by atoms with Crippen molar-refractivity contribution < 1.29 is 33.9 Å². The van der Waals surface area contributed by atoms with Crippen LogP contribution in [0.3, 0.4) is 0 Å². The van der Waals surface area contributed by atoms with Gasteiger partial charge in [-0.05, 0) is 18.9 Å². The van der Waals surface area contributed by atoms with Gasteiger partial charge >= 0.3 is 13.8 Å². The van der Waals surface area contributed by atoms with Gasteiger partial charge in [0.2, 0.25) is 0 Å². The first kappa shape index (κ1) is 20.6. The molecule has 0 aromatic carbocycles. The smallest absolute Gasteiger partial charge is 0.469 e. The summed E-state index contributed by atoms with van der Waals surface area (Å²) in [5.41, 5.74) is 0.694. The van der Waals surface area contributed by atoms with Gasteiger partial charge in [0, 0.05) is 23.7 Å². The lowest BCUT2D eigenvalue weighted by atomic mass is 10.1. The number of nitrogens with zero attached hydrogens (tertiary/aromatic N) is 2. The van der Waals surface area contributed by atoms with Crippen molar-refractivity contribution in [3.8, 4) is 5.75 Å². The molecule has 0 bridgehead atoms. The average Bonchev–Trinajstić information content (AvgIpc) is 2.48. The molecule has 0 atom stereocenters. The van der Waals surface area contributed by atoms with Gasteiger partial charge in [-0.1, -0.05) is 0 Å². The minimum absolute atomic E-state index is 0.0416. The molecule has 11 heteroatoms. The molecule has 9 nitrogen and oxygen atoms in total. The summed E-state index contributed by atoms with van der Waals surface area (Å²) in [7, 11) is -4.69. The Morgan fingerprint density at radius 2 is 2.12 bits per heavy atom. The highest BCUT2D eigenvalue weighted by Crippen LogP contribution is 2.38. The van der Waals surface area contributed by atoms with Gasteiger partial charge in [0.15, 0.2) is 0 Å². The van der Waals surface area contributed by atoms with Gasteiger partial charge in [0.05, 0.1) is 18.8 Å². The van der Waals surface area contributed by atoms with E-state index >= 15 is 0 Å². The number of aryl methyl sites for hydroxylation is 1. The molecule has 1 rings (SSSR count). The van der Waals surface area contributed by atoms with Gasteiger partial charge in [-0.25, -0.2) is 9.36 Å². The highest BCUT2D eigenvalue weighted by molar-refractivity contribution is 7.98. The standard InChI is InChI=1S/C13H19N2O7PS/c1-8-12(16)10(6-15-11(13(17)18)3-4-24-2)9(5-14-8)7-22-23(19,20)21/h5,16H,3-4,6-7H2,1-2H3,(H,17,18)(H2,19,20,21). The molecule has 0 aliphatic carbocycles. The molecule has 0 fully saturated rings. The number of hydrogen-bond donors (Lipinski definition) is 4. The average molecular weight is 378 g/mol. The predicted octanol–water partition coefficient (Wildman–Crippen LogP) is 1.48. The van der Waals surface area contributed by atoms with Crippen molar-refractivity contribution in [2.75, 3.05) is 12.0 Å². The lowest BCUT2D eigenvalue weighted by Gasteiger charge is -2.12. The number of aromatic hydroxyl groups is 1. The number of aliphatic carboxylic acids is 1. The number of phosphoric ester groups is 1. The molecule has 1 aromatic rings. The van der Waals surface area contributed by atoms with Gasteiger partial charge < -0.3 is 20.0 Å². The molecule has 4 N–H and O–H groups in total. The van der Waals surface area contributed by atoms with E-state index in [1.54, 1.807) is 6.92 Å². The van der Waals surface area contributed by atoms with Gasteiger partial charge in [-0.3, -0.25) is 14.5 Å². The number of phosphoric acid groups is 1. The van der Waals surface area contributed by atoms with Crippen molar-refractivity contribution >= 4 is 31.3 Å². The third-order valence-electron chi connectivity index (χ3n) is 3.04. The van der Waals surface area contributed by atoms with Gasteiger partial charge in [-0.15, -0.1) is 0 Å². The summed E-state index contributed by atoms with van der Waals surface area (Å²) in [6, 6.07) is 0. The largest absolute Gasteiger partial charge is 0.506 e. The second-order valence-corrected chi connectivity index (χ2v) is 7.00. The number of rotatable bonds is 9. The first-order chi connectivity index (χ1) is 11.2. The van der Waals surface area contributed by atoms with Crippen molar-refractivity contribution in [1.29, 1.82) is 0 Å². The van der Waals surface area contributed by atoms with E-state index in [9.17, 15) is 14.5 Å². The van der Waals surface area contributed by atoms with Crippen LogP contribution < -0.4 is 0 Å². The first-order valence-electron chi connectivity index (χ1n) is 6.77. The topological polar surface area (TPSA) is 150 Å². The molecule has 0 spiro atoms. The summed E-state index contributed by atoms with van der Waals surface area (Å²) < 4.78 is 15.2. The molecule has 0 radical (unpaired) electrons. The number of thioether (sulfide) groups is 1. The predicted molar refractivity (Wildman–Crippen MR) is 89.2 cm³/mol. The Labute approximate surface area is 143 Å². The number of carboxylic acids is 1. The Balaban J connectivity index is 3.09. The summed E-state index contributed by atoms with van der Waals surface area (Å²) in [5, 5.41) is 19.2. The first-order valence-corrected chi connectivity index (χ1v) is 9.70. The van der Waals surface area contributed by atoms with E-state index < -0.39 is 20.4 Å². The lowest BCUT2D eigenvalue weighted by molar-refractivity contribution is -0.129. The molecule has 134 valence electrons. The van der Waals surface area contributed by atoms with Gasteiger partial charge in [0.1, 0.15) is 11.5 Å². The van der Waals surface area contributed by atoms with E-state index in [2.05, 4.69) is 14.5 Å². The van der Waals surface area contributed by atoms with Crippen LogP contribution in [0.5, 0.6) is 5.75 Å². The molecule has 0 saturated carbocycles. The molecular weight excluding hydrogens is 359 g/mol. The van der Waals surface area contributed by atoms with Gasteiger partial charge in [-0.2, -0.15) is 11.8 Å². The van der Waals surface area contributed by atoms with E-state index in [1.807, 2.05) is 6.26 Å². The Bertz CT molecular complexity index is 675. The van der Waals surface area contributed by atoms with Crippen LogP contribution in [-0.4, -0.2) is 48.7 Å². The quantitative estimate of drug-likeness (QED) is 0.370. The van der Waals surface area contributed by atoms with E-state index in [1.165, 1.54) is 18.0 Å². The van der Waals surface area contributed by atoms with E-state index in [0.717, 1.165) is 0 Å². The zero-order valence-electron chi connectivity index (χ0n) is 13.2. The van der Waals surface area contributed by atoms with Crippen LogP contribution in [-0.2, 0) is 27.0 Å². The molecule has 0 aliphatic heterocycles. The van der Waals surface area contributed by atoms with Crippen molar-refractivity contribution in [2.45, 2.75) is 26.5 Å². The van der Waals surface area contributed by atoms with Crippen molar-refractivity contribution in [2.24, 2.45) is 4.99 Å². The number of pyridine rings is 1. The summed E-state index contributed by atoms with van der Waals surface area (Å²) in [6.07, 6.45) is 3.41. The monoisotopic (exact) mass is 378 g/mol. The second kappa shape index (κ2) is 9.14. The van der Waals surface area contributed by atoms with Crippen LogP contribution >= 0.6 is 19.6 Å². The van der Waals surface area contributed by atoms with E-state index in [-0.39, 0.29) is 35.6 Å². The van der Waals surface area contributed by atoms with Crippen LogP contribution in [0.4, 0.5) is 0 Å². The number of carbonyl (C=O) groups is 1. The summed E-state index contributed by atoms with van der Waals surface area (Å²) >= 11 is 1.48. The molecule has 0 unspecified atom stereocenters. The zero-order valence-corrected chi connectivity index (χ0v) is 14.9. The Morgan fingerprint density at radius 1 is 1.46 bits per heavy atom. The van der Waals surface area contributed by atoms with Crippen molar-refractivity contribution in [3.05, 3.63) is 23.0 Å². The zero-order chi connectivity index (χ0) is 18.3. The summed E-state index contributed by atoms with van der Waals surface area (Å²) in [4.78, 5) is 36.6. The lowest BCUT2D eigenvalue weighted by Crippen LogP contribution is -2.14. The van der Waals surface area contributed by atoms with E-state index in [4.69, 9.17) is 14.9 Å². The Kier molecular flexibility index (Phi) is 7.85. The maximum Gasteiger partial charge on any atom is 0.469 e. The van der Waals surface area contributed by atoms with Crippen LogP contribution in [0, 0.1) is 6.92 Å². The number of aromatic nitrogens is 1. The van der Waals surface area contributed by atoms with Crippen LogP contribution in [0.2, 0.25) is 0 Å². The maximum absolute atomic E-state index is 11.2. The molecule has 0 saturated heterocycles. The highest BCUT2D eigenvalue weighted by Gasteiger charge is 2.18. The van der Waals surface area contributed by atoms with E-state index in [0.29, 0.717) is 11.4 Å². The normalized spacial score (nSPS) is 12.4. The highest BCUT2D eigenvalue weighted by atomic mass is 32.2. The minimum atomic E-state index is -4.69. The van der Waals surface area contributed by atoms with Gasteiger partial charge in [0.25, 0.3) is 0 Å². The second-order valence-electron chi connectivity index (χ2n) is 4.77. The number of carboxylic acid groups (broad SMARTS) is 1. The minimum Gasteiger partial charge on any atom is -0.506 e.